The number of hydrogen-bond donors (Lipinski definition) is 2. The maximum atomic E-state index is 12.9. The standard InChI is InChI=1S/C24H24Cl2N4O/c1-24(2,3)21-19-12-16(14-27-13-15-6-4-5-7-20(15)26)23(31)28-22(19)30(29-21)18-10-8-17(25)9-11-18/h4-12,27H,13-14H2,1-3H3,(H,28,31). The Labute approximate surface area is 191 Å². The van der Waals surface area contributed by atoms with Crippen LogP contribution in [0.5, 0.6) is 0 Å². The summed E-state index contributed by atoms with van der Waals surface area (Å²) in [7, 11) is 0. The fraction of sp³-hybridized carbons (Fsp3) is 0.250. The van der Waals surface area contributed by atoms with Crippen molar-refractivity contribution in [2.75, 3.05) is 0 Å². The molecule has 2 heterocycles. The number of rotatable bonds is 5. The maximum Gasteiger partial charge on any atom is 0.254 e. The first kappa shape index (κ1) is 21.6. The largest absolute Gasteiger partial charge is 0.308 e. The molecular weight excluding hydrogens is 431 g/mol. The number of fused-ring (bicyclic) bond motifs is 1. The van der Waals surface area contributed by atoms with Gasteiger partial charge in [-0.25, -0.2) is 4.68 Å². The highest BCUT2D eigenvalue weighted by atomic mass is 35.5. The van der Waals surface area contributed by atoms with E-state index in [0.717, 1.165) is 22.3 Å². The Morgan fingerprint density at radius 2 is 1.68 bits per heavy atom. The van der Waals surface area contributed by atoms with Gasteiger partial charge in [-0.15, -0.1) is 0 Å². The third kappa shape index (κ3) is 4.54. The van der Waals surface area contributed by atoms with E-state index in [2.05, 4.69) is 31.1 Å². The molecule has 0 saturated carbocycles. The summed E-state index contributed by atoms with van der Waals surface area (Å²) in [5, 5.41) is 10.5. The second-order valence-corrected chi connectivity index (χ2v) is 9.41. The van der Waals surface area contributed by atoms with Gasteiger partial charge in [0.1, 0.15) is 5.65 Å². The molecule has 160 valence electrons. The van der Waals surface area contributed by atoms with Crippen molar-refractivity contribution in [3.63, 3.8) is 0 Å². The average Bonchev–Trinajstić information content (AvgIpc) is 3.09. The van der Waals surface area contributed by atoms with Gasteiger partial charge >= 0.3 is 0 Å². The lowest BCUT2D eigenvalue weighted by atomic mass is 9.90. The van der Waals surface area contributed by atoms with E-state index in [1.54, 1.807) is 4.68 Å². The first-order chi connectivity index (χ1) is 14.7. The Bertz CT molecular complexity index is 1280. The van der Waals surface area contributed by atoms with E-state index in [0.29, 0.717) is 34.3 Å². The lowest BCUT2D eigenvalue weighted by molar-refractivity contribution is 0.565. The second kappa shape index (κ2) is 8.50. The minimum absolute atomic E-state index is 0.144. The van der Waals surface area contributed by atoms with Gasteiger partial charge < -0.3 is 10.3 Å². The third-order valence-corrected chi connectivity index (χ3v) is 5.76. The van der Waals surface area contributed by atoms with Crippen LogP contribution in [0.1, 0.15) is 37.6 Å². The zero-order valence-electron chi connectivity index (χ0n) is 17.7. The van der Waals surface area contributed by atoms with Crippen LogP contribution in [0, 0.1) is 0 Å². The fourth-order valence-corrected chi connectivity index (χ4v) is 3.87. The van der Waals surface area contributed by atoms with E-state index >= 15 is 0 Å². The predicted octanol–water partition coefficient (Wildman–Crippen LogP) is 5.61. The Kier molecular flexibility index (Phi) is 5.93. The normalized spacial score (nSPS) is 11.9. The molecule has 31 heavy (non-hydrogen) atoms. The fourth-order valence-electron chi connectivity index (χ4n) is 3.54. The summed E-state index contributed by atoms with van der Waals surface area (Å²) >= 11 is 12.3. The van der Waals surface area contributed by atoms with Gasteiger partial charge in [0, 0.05) is 39.5 Å². The zero-order chi connectivity index (χ0) is 22.2. The van der Waals surface area contributed by atoms with Gasteiger partial charge in [0.2, 0.25) is 0 Å². The average molecular weight is 455 g/mol. The molecule has 0 saturated heterocycles. The van der Waals surface area contributed by atoms with Gasteiger partial charge in [0.15, 0.2) is 0 Å². The molecule has 0 aliphatic rings. The number of nitrogens with one attached hydrogen (secondary N) is 2. The lowest BCUT2D eigenvalue weighted by Crippen LogP contribution is -2.21. The van der Waals surface area contributed by atoms with Crippen LogP contribution in [-0.2, 0) is 18.5 Å². The van der Waals surface area contributed by atoms with E-state index in [1.807, 2.05) is 54.6 Å². The molecule has 2 N–H and O–H groups in total. The van der Waals surface area contributed by atoms with Crippen LogP contribution in [0.15, 0.2) is 59.4 Å². The summed E-state index contributed by atoms with van der Waals surface area (Å²) in [5.74, 6) is 0. The van der Waals surface area contributed by atoms with Crippen molar-refractivity contribution in [1.29, 1.82) is 0 Å². The molecular formula is C24H24Cl2N4O. The number of aromatic nitrogens is 3. The van der Waals surface area contributed by atoms with Gasteiger partial charge in [-0.1, -0.05) is 62.2 Å². The monoisotopic (exact) mass is 454 g/mol. The van der Waals surface area contributed by atoms with Crippen LogP contribution in [0.4, 0.5) is 0 Å². The molecule has 2 aromatic carbocycles. The molecule has 0 aliphatic carbocycles. The van der Waals surface area contributed by atoms with Crippen LogP contribution in [0.2, 0.25) is 10.0 Å². The number of halogens is 2. The van der Waals surface area contributed by atoms with Crippen molar-refractivity contribution in [2.45, 2.75) is 39.3 Å². The summed E-state index contributed by atoms with van der Waals surface area (Å²) in [6, 6.07) is 17.0. The molecule has 2 aromatic heterocycles. The van der Waals surface area contributed by atoms with Gasteiger partial charge in [0.25, 0.3) is 5.56 Å². The van der Waals surface area contributed by atoms with Crippen molar-refractivity contribution in [3.8, 4) is 5.69 Å². The van der Waals surface area contributed by atoms with Crippen molar-refractivity contribution >= 4 is 34.2 Å². The zero-order valence-corrected chi connectivity index (χ0v) is 19.2. The van der Waals surface area contributed by atoms with Crippen molar-refractivity contribution in [3.05, 3.63) is 91.8 Å². The maximum absolute atomic E-state index is 12.9. The van der Waals surface area contributed by atoms with Gasteiger partial charge in [0.05, 0.1) is 11.4 Å². The number of benzene rings is 2. The van der Waals surface area contributed by atoms with Crippen LogP contribution < -0.4 is 10.9 Å². The molecule has 4 aromatic rings. The highest BCUT2D eigenvalue weighted by Gasteiger charge is 2.24. The first-order valence-electron chi connectivity index (χ1n) is 10.1. The van der Waals surface area contributed by atoms with Gasteiger partial charge in [-0.3, -0.25) is 4.79 Å². The number of nitrogens with zero attached hydrogens (tertiary/aromatic N) is 2. The topological polar surface area (TPSA) is 62.7 Å². The Balaban J connectivity index is 1.72. The predicted molar refractivity (Wildman–Crippen MR) is 127 cm³/mol. The van der Waals surface area contributed by atoms with E-state index < -0.39 is 0 Å². The molecule has 4 rings (SSSR count). The second-order valence-electron chi connectivity index (χ2n) is 8.57. The summed E-state index contributed by atoms with van der Waals surface area (Å²) in [5.41, 5.74) is 3.73. The first-order valence-corrected chi connectivity index (χ1v) is 10.8. The molecule has 0 spiro atoms. The summed E-state index contributed by atoms with van der Waals surface area (Å²) in [4.78, 5) is 15.9. The quantitative estimate of drug-likeness (QED) is 0.411. The summed E-state index contributed by atoms with van der Waals surface area (Å²) < 4.78 is 1.77. The van der Waals surface area contributed by atoms with Crippen LogP contribution in [-0.4, -0.2) is 14.8 Å². The number of H-pyrrole nitrogens is 1. The molecule has 0 amide bonds. The van der Waals surface area contributed by atoms with Crippen LogP contribution in [0.25, 0.3) is 16.7 Å². The molecule has 0 unspecified atom stereocenters. The van der Waals surface area contributed by atoms with E-state index in [9.17, 15) is 4.79 Å². The number of aromatic amines is 1. The lowest BCUT2D eigenvalue weighted by Gasteiger charge is -2.15. The highest BCUT2D eigenvalue weighted by molar-refractivity contribution is 6.31. The summed E-state index contributed by atoms with van der Waals surface area (Å²) in [6.45, 7) is 7.34. The molecule has 7 heteroatoms. The summed E-state index contributed by atoms with van der Waals surface area (Å²) in [6.07, 6.45) is 0. The molecule has 0 bridgehead atoms. The number of pyridine rings is 1. The highest BCUT2D eigenvalue weighted by Crippen LogP contribution is 2.30. The number of hydrogen-bond acceptors (Lipinski definition) is 3. The minimum atomic E-state index is -0.198. The Morgan fingerprint density at radius 1 is 1.00 bits per heavy atom. The molecule has 5 nitrogen and oxygen atoms in total. The molecule has 0 aliphatic heterocycles. The minimum Gasteiger partial charge on any atom is -0.308 e. The molecule has 0 atom stereocenters. The third-order valence-electron chi connectivity index (χ3n) is 5.13. The Hall–Kier alpha value is -2.60. The van der Waals surface area contributed by atoms with Gasteiger partial charge in [-0.05, 0) is 42.0 Å². The van der Waals surface area contributed by atoms with Crippen molar-refractivity contribution in [2.24, 2.45) is 0 Å². The van der Waals surface area contributed by atoms with Crippen molar-refractivity contribution < 1.29 is 0 Å². The van der Waals surface area contributed by atoms with Crippen LogP contribution in [0.3, 0.4) is 0 Å². The van der Waals surface area contributed by atoms with E-state index in [1.165, 1.54) is 0 Å². The molecule has 0 fully saturated rings. The molecule has 0 radical (unpaired) electrons. The van der Waals surface area contributed by atoms with E-state index in [4.69, 9.17) is 28.3 Å². The van der Waals surface area contributed by atoms with Gasteiger partial charge in [-0.2, -0.15) is 5.10 Å². The van der Waals surface area contributed by atoms with Crippen LogP contribution >= 0.6 is 23.2 Å². The van der Waals surface area contributed by atoms with E-state index in [-0.39, 0.29) is 11.0 Å². The smallest absolute Gasteiger partial charge is 0.254 e. The van der Waals surface area contributed by atoms with Crippen molar-refractivity contribution in [1.82, 2.24) is 20.1 Å². The Morgan fingerprint density at radius 3 is 2.35 bits per heavy atom. The SMILES string of the molecule is CC(C)(C)c1nn(-c2ccc(Cl)cc2)c2[nH]c(=O)c(CNCc3ccccc3Cl)cc12.